The van der Waals surface area contributed by atoms with Crippen molar-refractivity contribution in [1.29, 1.82) is 0 Å². The summed E-state index contributed by atoms with van der Waals surface area (Å²) in [6.07, 6.45) is 2.89. The highest BCUT2D eigenvalue weighted by atomic mass is 19.1. The summed E-state index contributed by atoms with van der Waals surface area (Å²) in [4.78, 5) is 0. The number of aromatic nitrogens is 2. The molecule has 0 spiro atoms. The summed E-state index contributed by atoms with van der Waals surface area (Å²) in [6.45, 7) is 6.82. The number of nitrogens with zero attached hydrogens (tertiary/aromatic N) is 2. The first-order valence-corrected chi connectivity index (χ1v) is 7.02. The predicted molar refractivity (Wildman–Crippen MR) is 79.2 cm³/mol. The van der Waals surface area contributed by atoms with Crippen molar-refractivity contribution in [2.45, 2.75) is 33.2 Å². The van der Waals surface area contributed by atoms with Crippen molar-refractivity contribution in [3.05, 3.63) is 52.6 Å². The lowest BCUT2D eigenvalue weighted by Gasteiger charge is -2.19. The summed E-state index contributed by atoms with van der Waals surface area (Å²) in [5, 5.41) is 7.78. The van der Waals surface area contributed by atoms with Crippen molar-refractivity contribution in [3.8, 4) is 0 Å². The van der Waals surface area contributed by atoms with Crippen LogP contribution in [0, 0.1) is 19.7 Å². The van der Waals surface area contributed by atoms with E-state index in [1.165, 1.54) is 0 Å². The molecule has 0 amide bonds. The van der Waals surface area contributed by atoms with Crippen molar-refractivity contribution in [1.82, 2.24) is 15.1 Å². The van der Waals surface area contributed by atoms with E-state index in [9.17, 15) is 4.39 Å². The summed E-state index contributed by atoms with van der Waals surface area (Å²) in [5.74, 6) is -0.160. The Balaban J connectivity index is 2.41. The molecule has 2 rings (SSSR count). The summed E-state index contributed by atoms with van der Waals surface area (Å²) >= 11 is 0. The number of hydrogen-bond donors (Lipinski definition) is 1. The molecule has 1 N–H and O–H groups in total. The zero-order valence-electron chi connectivity index (χ0n) is 12.6. The van der Waals surface area contributed by atoms with Gasteiger partial charge in [0.1, 0.15) is 5.82 Å². The van der Waals surface area contributed by atoms with Gasteiger partial charge in [-0.05, 0) is 44.0 Å². The Kier molecular flexibility index (Phi) is 4.55. The van der Waals surface area contributed by atoms with Gasteiger partial charge in [-0.15, -0.1) is 0 Å². The molecule has 0 aliphatic heterocycles. The Hall–Kier alpha value is -1.68. The second kappa shape index (κ2) is 6.18. The summed E-state index contributed by atoms with van der Waals surface area (Å²) < 4.78 is 15.7. The smallest absolute Gasteiger partial charge is 0.126 e. The maximum Gasteiger partial charge on any atom is 0.126 e. The third kappa shape index (κ3) is 2.90. The molecule has 1 atom stereocenters. The molecular formula is C16H22FN3. The van der Waals surface area contributed by atoms with Gasteiger partial charge >= 0.3 is 0 Å². The second-order valence-electron chi connectivity index (χ2n) is 5.20. The molecule has 1 unspecified atom stereocenters. The van der Waals surface area contributed by atoms with Crippen molar-refractivity contribution < 1.29 is 4.39 Å². The van der Waals surface area contributed by atoms with Gasteiger partial charge in [-0.25, -0.2) is 4.39 Å². The first-order valence-electron chi connectivity index (χ1n) is 7.02. The van der Waals surface area contributed by atoms with Gasteiger partial charge in [-0.1, -0.05) is 19.1 Å². The average Bonchev–Trinajstić information content (AvgIpc) is 2.75. The fourth-order valence-corrected chi connectivity index (χ4v) is 2.28. The molecule has 1 aromatic carbocycles. The minimum Gasteiger partial charge on any atom is -0.306 e. The normalized spacial score (nSPS) is 12.7. The molecule has 2 aromatic rings. The van der Waals surface area contributed by atoms with E-state index in [0.29, 0.717) is 5.56 Å². The molecule has 0 aliphatic carbocycles. The van der Waals surface area contributed by atoms with Crippen molar-refractivity contribution in [2.75, 3.05) is 6.54 Å². The van der Waals surface area contributed by atoms with Gasteiger partial charge in [-0.2, -0.15) is 5.10 Å². The van der Waals surface area contributed by atoms with Gasteiger partial charge in [-0.3, -0.25) is 4.68 Å². The van der Waals surface area contributed by atoms with Gasteiger partial charge in [0.2, 0.25) is 0 Å². The van der Waals surface area contributed by atoms with E-state index in [-0.39, 0.29) is 11.9 Å². The van der Waals surface area contributed by atoms with E-state index >= 15 is 0 Å². The van der Waals surface area contributed by atoms with Crippen LogP contribution in [0.5, 0.6) is 0 Å². The molecule has 0 radical (unpaired) electrons. The van der Waals surface area contributed by atoms with Crippen LogP contribution < -0.4 is 5.32 Å². The van der Waals surface area contributed by atoms with Gasteiger partial charge in [0.25, 0.3) is 0 Å². The largest absolute Gasteiger partial charge is 0.306 e. The minimum absolute atomic E-state index is 0.0150. The first-order chi connectivity index (χ1) is 9.54. The fraction of sp³-hybridized carbons (Fsp3) is 0.438. The van der Waals surface area contributed by atoms with Crippen LogP contribution in [0.15, 0.2) is 24.4 Å². The van der Waals surface area contributed by atoms with Crippen molar-refractivity contribution >= 4 is 0 Å². The topological polar surface area (TPSA) is 29.9 Å². The van der Waals surface area contributed by atoms with Crippen molar-refractivity contribution in [3.63, 3.8) is 0 Å². The molecule has 4 heteroatoms. The standard InChI is InChI=1S/C16H22FN3/c1-5-8-18-16(14-10-19-20(4)12(14)3)13-7-6-11(2)15(17)9-13/h6-7,9-10,16,18H,5,8H2,1-4H3. The van der Waals surface area contributed by atoms with Crippen LogP contribution in [0.4, 0.5) is 4.39 Å². The van der Waals surface area contributed by atoms with Gasteiger partial charge in [0.05, 0.1) is 12.2 Å². The monoisotopic (exact) mass is 275 g/mol. The Morgan fingerprint density at radius 2 is 2.10 bits per heavy atom. The summed E-state index contributed by atoms with van der Waals surface area (Å²) in [6, 6.07) is 5.42. The Labute approximate surface area is 119 Å². The molecule has 0 saturated heterocycles. The fourth-order valence-electron chi connectivity index (χ4n) is 2.28. The molecule has 0 bridgehead atoms. The molecule has 0 fully saturated rings. The highest BCUT2D eigenvalue weighted by Crippen LogP contribution is 2.25. The van der Waals surface area contributed by atoms with E-state index < -0.39 is 0 Å². The third-order valence-corrected chi connectivity index (χ3v) is 3.71. The maximum absolute atomic E-state index is 13.8. The van der Waals surface area contributed by atoms with Crippen LogP contribution >= 0.6 is 0 Å². The van der Waals surface area contributed by atoms with Gasteiger partial charge in [0, 0.05) is 18.3 Å². The molecule has 3 nitrogen and oxygen atoms in total. The third-order valence-electron chi connectivity index (χ3n) is 3.71. The first kappa shape index (κ1) is 14.7. The number of benzene rings is 1. The number of halogens is 1. The molecule has 0 aliphatic rings. The molecule has 1 aromatic heterocycles. The summed E-state index contributed by atoms with van der Waals surface area (Å²) in [7, 11) is 1.92. The zero-order chi connectivity index (χ0) is 14.7. The highest BCUT2D eigenvalue weighted by molar-refractivity contribution is 5.35. The molecule has 1 heterocycles. The zero-order valence-corrected chi connectivity index (χ0v) is 12.6. The number of hydrogen-bond acceptors (Lipinski definition) is 2. The van der Waals surface area contributed by atoms with E-state index in [1.54, 1.807) is 13.0 Å². The molecule has 20 heavy (non-hydrogen) atoms. The second-order valence-corrected chi connectivity index (χ2v) is 5.20. The van der Waals surface area contributed by atoms with E-state index in [1.807, 2.05) is 37.0 Å². The van der Waals surface area contributed by atoms with E-state index in [2.05, 4.69) is 17.3 Å². The van der Waals surface area contributed by atoms with Crippen LogP contribution in [0.3, 0.4) is 0 Å². The lowest BCUT2D eigenvalue weighted by Crippen LogP contribution is -2.23. The Morgan fingerprint density at radius 1 is 1.35 bits per heavy atom. The van der Waals surface area contributed by atoms with Gasteiger partial charge in [0.15, 0.2) is 0 Å². The SMILES string of the molecule is CCCNC(c1ccc(C)c(F)c1)c1cnn(C)c1C. The lowest BCUT2D eigenvalue weighted by molar-refractivity contribution is 0.580. The Bertz CT molecular complexity index is 589. The van der Waals surface area contributed by atoms with Crippen LogP contribution in [0.25, 0.3) is 0 Å². The van der Waals surface area contributed by atoms with Crippen molar-refractivity contribution in [2.24, 2.45) is 7.05 Å². The predicted octanol–water partition coefficient (Wildman–Crippen LogP) is 3.27. The molecule has 0 saturated carbocycles. The van der Waals surface area contributed by atoms with E-state index in [0.717, 1.165) is 29.8 Å². The average molecular weight is 275 g/mol. The van der Waals surface area contributed by atoms with Gasteiger partial charge < -0.3 is 5.32 Å². The maximum atomic E-state index is 13.8. The number of aryl methyl sites for hydroxylation is 2. The molecular weight excluding hydrogens is 253 g/mol. The summed E-state index contributed by atoms with van der Waals surface area (Å²) in [5.41, 5.74) is 3.81. The highest BCUT2D eigenvalue weighted by Gasteiger charge is 2.19. The lowest BCUT2D eigenvalue weighted by atomic mass is 9.98. The number of nitrogens with one attached hydrogen (secondary N) is 1. The minimum atomic E-state index is -0.160. The van der Waals surface area contributed by atoms with Crippen LogP contribution in [0.1, 0.15) is 41.8 Å². The van der Waals surface area contributed by atoms with Crippen LogP contribution in [-0.4, -0.2) is 16.3 Å². The van der Waals surface area contributed by atoms with E-state index in [4.69, 9.17) is 0 Å². The quantitative estimate of drug-likeness (QED) is 0.907. The van der Waals surface area contributed by atoms with Crippen LogP contribution in [0.2, 0.25) is 0 Å². The van der Waals surface area contributed by atoms with Crippen LogP contribution in [-0.2, 0) is 7.05 Å². The molecule has 108 valence electrons. The Morgan fingerprint density at radius 3 is 2.65 bits per heavy atom. The number of rotatable bonds is 5.